The van der Waals surface area contributed by atoms with Gasteiger partial charge in [-0.2, -0.15) is 0 Å². The zero-order valence-electron chi connectivity index (χ0n) is 12.3. The lowest BCUT2D eigenvalue weighted by atomic mass is 9.82. The molecule has 1 fully saturated rings. The summed E-state index contributed by atoms with van der Waals surface area (Å²) in [6, 6.07) is 5.93. The van der Waals surface area contributed by atoms with Crippen LogP contribution in [0, 0.1) is 5.41 Å². The van der Waals surface area contributed by atoms with Crippen LogP contribution in [0.5, 0.6) is 5.75 Å². The van der Waals surface area contributed by atoms with E-state index in [4.69, 9.17) is 4.74 Å². The summed E-state index contributed by atoms with van der Waals surface area (Å²) < 4.78 is 5.42. The van der Waals surface area contributed by atoms with Gasteiger partial charge in [-0.05, 0) is 49.0 Å². The van der Waals surface area contributed by atoms with Crippen LogP contribution in [0.15, 0.2) is 18.2 Å². The Labute approximate surface area is 116 Å². The first-order chi connectivity index (χ1) is 9.04. The van der Waals surface area contributed by atoms with E-state index in [9.17, 15) is 5.11 Å². The quantitative estimate of drug-likeness (QED) is 0.906. The predicted octanol–water partition coefficient (Wildman–Crippen LogP) is 2.81. The highest BCUT2D eigenvalue weighted by Gasteiger charge is 2.25. The molecule has 0 aliphatic carbocycles. The van der Waals surface area contributed by atoms with E-state index in [2.05, 4.69) is 24.8 Å². The molecule has 0 saturated carbocycles. The number of ether oxygens (including phenoxy) is 1. The lowest BCUT2D eigenvalue weighted by molar-refractivity contribution is 0.126. The number of nitrogens with zero attached hydrogens (tertiary/aromatic N) is 1. The third-order valence-electron chi connectivity index (χ3n) is 4.13. The fraction of sp³-hybridized carbons (Fsp3) is 0.625. The summed E-state index contributed by atoms with van der Waals surface area (Å²) in [5.41, 5.74) is 2.61. The zero-order valence-corrected chi connectivity index (χ0v) is 12.3. The first kappa shape index (κ1) is 14.4. The summed E-state index contributed by atoms with van der Waals surface area (Å²) in [7, 11) is 1.71. The van der Waals surface area contributed by atoms with Gasteiger partial charge in [0.25, 0.3) is 0 Å². The number of piperidine rings is 1. The molecule has 1 aliphatic rings. The highest BCUT2D eigenvalue weighted by Crippen LogP contribution is 2.31. The second-order valence-corrected chi connectivity index (χ2v) is 6.24. The van der Waals surface area contributed by atoms with E-state index in [1.54, 1.807) is 7.11 Å². The summed E-state index contributed by atoms with van der Waals surface area (Å²) >= 11 is 0. The van der Waals surface area contributed by atoms with Crippen molar-refractivity contribution in [2.45, 2.75) is 39.8 Å². The lowest BCUT2D eigenvalue weighted by Gasteiger charge is -2.37. The Balaban J connectivity index is 2.06. The van der Waals surface area contributed by atoms with Crippen LogP contribution in [0.1, 0.15) is 37.8 Å². The second-order valence-electron chi connectivity index (χ2n) is 6.24. The average molecular weight is 263 g/mol. The summed E-state index contributed by atoms with van der Waals surface area (Å²) in [6.45, 7) is 7.96. The minimum absolute atomic E-state index is 0.0873. The molecule has 1 heterocycles. The molecule has 106 valence electrons. The normalized spacial score (nSPS) is 19.4. The van der Waals surface area contributed by atoms with Crippen LogP contribution in [-0.2, 0) is 13.2 Å². The van der Waals surface area contributed by atoms with E-state index in [0.29, 0.717) is 5.41 Å². The van der Waals surface area contributed by atoms with Crippen LogP contribution in [-0.4, -0.2) is 30.2 Å². The van der Waals surface area contributed by atoms with Gasteiger partial charge in [-0.25, -0.2) is 0 Å². The van der Waals surface area contributed by atoms with Crippen molar-refractivity contribution in [2.75, 3.05) is 20.2 Å². The molecular formula is C16H25NO2. The Morgan fingerprint density at radius 1 is 1.26 bits per heavy atom. The van der Waals surface area contributed by atoms with E-state index in [0.717, 1.165) is 30.9 Å². The van der Waals surface area contributed by atoms with E-state index < -0.39 is 0 Å². The smallest absolute Gasteiger partial charge is 0.123 e. The molecule has 0 bridgehead atoms. The topological polar surface area (TPSA) is 32.7 Å². The molecule has 0 amide bonds. The van der Waals surface area contributed by atoms with E-state index in [-0.39, 0.29) is 6.61 Å². The molecule has 3 nitrogen and oxygen atoms in total. The van der Waals surface area contributed by atoms with Crippen molar-refractivity contribution in [1.29, 1.82) is 0 Å². The van der Waals surface area contributed by atoms with Gasteiger partial charge >= 0.3 is 0 Å². The van der Waals surface area contributed by atoms with Crippen LogP contribution in [0.3, 0.4) is 0 Å². The predicted molar refractivity (Wildman–Crippen MR) is 77.2 cm³/mol. The molecule has 0 radical (unpaired) electrons. The fourth-order valence-corrected chi connectivity index (χ4v) is 2.61. The molecule has 1 saturated heterocycles. The third kappa shape index (κ3) is 3.71. The van der Waals surface area contributed by atoms with Gasteiger partial charge in [0.1, 0.15) is 5.75 Å². The second kappa shape index (κ2) is 5.93. The molecular weight excluding hydrogens is 238 g/mol. The number of benzene rings is 1. The molecule has 1 aromatic carbocycles. The number of aliphatic hydroxyl groups is 1. The Morgan fingerprint density at radius 3 is 2.53 bits per heavy atom. The van der Waals surface area contributed by atoms with Gasteiger partial charge < -0.3 is 9.84 Å². The monoisotopic (exact) mass is 263 g/mol. The maximum atomic E-state index is 9.25. The zero-order chi connectivity index (χ0) is 13.9. The number of hydrogen-bond donors (Lipinski definition) is 1. The fourth-order valence-electron chi connectivity index (χ4n) is 2.61. The minimum atomic E-state index is 0.0873. The average Bonchev–Trinajstić information content (AvgIpc) is 2.41. The molecule has 0 unspecified atom stereocenters. The number of likely N-dealkylation sites (tertiary alicyclic amines) is 1. The summed E-state index contributed by atoms with van der Waals surface area (Å²) in [6.07, 6.45) is 2.49. The van der Waals surface area contributed by atoms with Crippen molar-refractivity contribution in [3.05, 3.63) is 29.3 Å². The summed E-state index contributed by atoms with van der Waals surface area (Å²) in [5.74, 6) is 0.919. The van der Waals surface area contributed by atoms with E-state index in [1.165, 1.54) is 18.4 Å². The van der Waals surface area contributed by atoms with Crippen LogP contribution < -0.4 is 4.74 Å². The van der Waals surface area contributed by atoms with Gasteiger partial charge in [-0.1, -0.05) is 19.9 Å². The van der Waals surface area contributed by atoms with Crippen molar-refractivity contribution in [1.82, 2.24) is 4.90 Å². The molecule has 1 aliphatic heterocycles. The molecule has 1 aromatic rings. The van der Waals surface area contributed by atoms with Crippen LogP contribution >= 0.6 is 0 Å². The maximum absolute atomic E-state index is 9.25. The number of methoxy groups -OCH3 is 1. The van der Waals surface area contributed by atoms with E-state index >= 15 is 0 Å². The summed E-state index contributed by atoms with van der Waals surface area (Å²) in [5, 5.41) is 9.25. The van der Waals surface area contributed by atoms with Gasteiger partial charge in [-0.3, -0.25) is 4.90 Å². The Morgan fingerprint density at radius 2 is 1.95 bits per heavy atom. The highest BCUT2D eigenvalue weighted by atomic mass is 16.5. The van der Waals surface area contributed by atoms with E-state index in [1.807, 2.05) is 12.1 Å². The van der Waals surface area contributed by atoms with Crippen LogP contribution in [0.25, 0.3) is 0 Å². The van der Waals surface area contributed by atoms with Gasteiger partial charge in [0.15, 0.2) is 0 Å². The molecule has 0 aromatic heterocycles. The highest BCUT2D eigenvalue weighted by molar-refractivity contribution is 5.37. The van der Waals surface area contributed by atoms with Crippen molar-refractivity contribution >= 4 is 0 Å². The van der Waals surface area contributed by atoms with Gasteiger partial charge in [0, 0.05) is 12.1 Å². The lowest BCUT2D eigenvalue weighted by Crippen LogP contribution is -2.36. The Kier molecular flexibility index (Phi) is 4.48. The molecule has 0 spiro atoms. The molecule has 2 rings (SSSR count). The van der Waals surface area contributed by atoms with Gasteiger partial charge in [0.2, 0.25) is 0 Å². The van der Waals surface area contributed by atoms with Crippen molar-refractivity contribution in [2.24, 2.45) is 5.41 Å². The van der Waals surface area contributed by atoms with Crippen LogP contribution in [0.4, 0.5) is 0 Å². The number of hydrogen-bond acceptors (Lipinski definition) is 3. The summed E-state index contributed by atoms with van der Waals surface area (Å²) in [4.78, 5) is 2.48. The van der Waals surface area contributed by atoms with Crippen molar-refractivity contribution in [3.8, 4) is 5.75 Å². The Bertz CT molecular complexity index is 419. The first-order valence-electron chi connectivity index (χ1n) is 7.03. The minimum Gasteiger partial charge on any atom is -0.496 e. The largest absolute Gasteiger partial charge is 0.496 e. The van der Waals surface area contributed by atoms with Crippen molar-refractivity contribution < 1.29 is 9.84 Å². The number of rotatable bonds is 4. The standard InChI is InChI=1S/C16H25NO2/c1-16(2)6-8-17(9-7-16)11-14-10-13(12-18)4-5-15(14)19-3/h4-5,10,18H,6-9,11-12H2,1-3H3. The third-order valence-corrected chi connectivity index (χ3v) is 4.13. The molecule has 0 atom stereocenters. The maximum Gasteiger partial charge on any atom is 0.123 e. The molecule has 19 heavy (non-hydrogen) atoms. The van der Waals surface area contributed by atoms with Gasteiger partial charge in [-0.15, -0.1) is 0 Å². The van der Waals surface area contributed by atoms with Gasteiger partial charge in [0.05, 0.1) is 13.7 Å². The first-order valence-corrected chi connectivity index (χ1v) is 7.03. The SMILES string of the molecule is COc1ccc(CO)cc1CN1CCC(C)(C)CC1. The number of aliphatic hydroxyl groups excluding tert-OH is 1. The van der Waals surface area contributed by atoms with Crippen molar-refractivity contribution in [3.63, 3.8) is 0 Å². The Hall–Kier alpha value is -1.06. The molecule has 1 N–H and O–H groups in total. The molecule has 3 heteroatoms. The van der Waals surface area contributed by atoms with Crippen LogP contribution in [0.2, 0.25) is 0 Å².